The van der Waals surface area contributed by atoms with Gasteiger partial charge in [-0.15, -0.1) is 0 Å². The van der Waals surface area contributed by atoms with E-state index in [1.54, 1.807) is 0 Å². The summed E-state index contributed by atoms with van der Waals surface area (Å²) in [7, 11) is 0. The molecule has 1 N–H and O–H groups in total. The van der Waals surface area contributed by atoms with Crippen molar-refractivity contribution in [3.05, 3.63) is 11.7 Å². The summed E-state index contributed by atoms with van der Waals surface area (Å²) in [4.78, 5) is 7.11. The Labute approximate surface area is 127 Å². The Morgan fingerprint density at radius 3 is 2.62 bits per heavy atom. The maximum absolute atomic E-state index is 5.33. The van der Waals surface area contributed by atoms with E-state index < -0.39 is 0 Å². The van der Waals surface area contributed by atoms with Crippen LogP contribution in [-0.2, 0) is 13.0 Å². The highest BCUT2D eigenvalue weighted by Crippen LogP contribution is 2.30. The van der Waals surface area contributed by atoms with Crippen LogP contribution in [-0.4, -0.2) is 39.7 Å². The smallest absolute Gasteiger partial charge is 0.226 e. The van der Waals surface area contributed by atoms with Crippen LogP contribution in [0, 0.1) is 0 Å². The topological polar surface area (TPSA) is 54.2 Å². The van der Waals surface area contributed by atoms with Gasteiger partial charge in [-0.1, -0.05) is 19.0 Å². The van der Waals surface area contributed by atoms with Crippen molar-refractivity contribution in [2.45, 2.75) is 83.5 Å². The number of aromatic nitrogens is 2. The van der Waals surface area contributed by atoms with Crippen LogP contribution < -0.4 is 5.32 Å². The molecule has 2 aliphatic rings. The average Bonchev–Trinajstić information content (AvgIpc) is 3.05. The van der Waals surface area contributed by atoms with Crippen molar-refractivity contribution in [3.63, 3.8) is 0 Å². The molecule has 0 aliphatic carbocycles. The fraction of sp³-hybridized carbons (Fsp3) is 0.875. The van der Waals surface area contributed by atoms with E-state index in [0.717, 1.165) is 49.7 Å². The fourth-order valence-electron chi connectivity index (χ4n) is 3.85. The van der Waals surface area contributed by atoms with E-state index in [1.165, 1.54) is 32.1 Å². The summed E-state index contributed by atoms with van der Waals surface area (Å²) >= 11 is 0. The summed E-state index contributed by atoms with van der Waals surface area (Å²) in [6.45, 7) is 6.35. The zero-order valence-electron chi connectivity index (χ0n) is 13.3. The molecule has 5 heteroatoms. The molecular formula is C16H28N4O. The van der Waals surface area contributed by atoms with Gasteiger partial charge in [0.25, 0.3) is 0 Å². The first kappa shape index (κ1) is 15.0. The van der Waals surface area contributed by atoms with Crippen LogP contribution in [0.5, 0.6) is 0 Å². The highest BCUT2D eigenvalue weighted by atomic mass is 16.5. The van der Waals surface area contributed by atoms with Crippen molar-refractivity contribution in [1.29, 1.82) is 0 Å². The van der Waals surface area contributed by atoms with Gasteiger partial charge >= 0.3 is 0 Å². The van der Waals surface area contributed by atoms with Crippen molar-refractivity contribution < 1.29 is 4.52 Å². The van der Waals surface area contributed by atoms with E-state index in [4.69, 9.17) is 4.52 Å². The van der Waals surface area contributed by atoms with Crippen LogP contribution in [0.3, 0.4) is 0 Å². The summed E-state index contributed by atoms with van der Waals surface area (Å²) in [6.07, 6.45) is 8.37. The SMILES string of the molecule is CCCc1nc(CN(CCC)C2CC3CCC(C2)N3)no1. The second-order valence-electron chi connectivity index (χ2n) is 6.59. The normalized spacial score (nSPS) is 28.4. The van der Waals surface area contributed by atoms with Gasteiger partial charge in [-0.05, 0) is 45.1 Å². The lowest BCUT2D eigenvalue weighted by Gasteiger charge is -2.37. The number of hydrogen-bond donors (Lipinski definition) is 1. The van der Waals surface area contributed by atoms with Crippen molar-refractivity contribution in [3.8, 4) is 0 Å². The van der Waals surface area contributed by atoms with Crippen LogP contribution in [0.2, 0.25) is 0 Å². The maximum atomic E-state index is 5.33. The Hall–Kier alpha value is -0.940. The number of hydrogen-bond acceptors (Lipinski definition) is 5. The van der Waals surface area contributed by atoms with Gasteiger partial charge in [0.2, 0.25) is 5.89 Å². The van der Waals surface area contributed by atoms with Gasteiger partial charge in [-0.25, -0.2) is 0 Å². The molecule has 0 amide bonds. The highest BCUT2D eigenvalue weighted by molar-refractivity contribution is 4.97. The molecule has 0 aromatic carbocycles. The second-order valence-corrected chi connectivity index (χ2v) is 6.59. The largest absolute Gasteiger partial charge is 0.339 e. The number of aryl methyl sites for hydroxylation is 1. The molecule has 1 aromatic rings. The van der Waals surface area contributed by atoms with Crippen LogP contribution in [0.25, 0.3) is 0 Å². The van der Waals surface area contributed by atoms with Crippen molar-refractivity contribution >= 4 is 0 Å². The maximum Gasteiger partial charge on any atom is 0.226 e. The molecular weight excluding hydrogens is 264 g/mol. The van der Waals surface area contributed by atoms with Gasteiger partial charge in [0.15, 0.2) is 5.82 Å². The average molecular weight is 292 g/mol. The predicted octanol–water partition coefficient (Wildman–Crippen LogP) is 2.52. The number of rotatable bonds is 7. The minimum absolute atomic E-state index is 0.678. The zero-order valence-corrected chi connectivity index (χ0v) is 13.3. The predicted molar refractivity (Wildman–Crippen MR) is 82.0 cm³/mol. The summed E-state index contributed by atoms with van der Waals surface area (Å²) in [6, 6.07) is 2.14. The molecule has 5 nitrogen and oxygen atoms in total. The molecule has 3 heterocycles. The van der Waals surface area contributed by atoms with Crippen LogP contribution in [0.1, 0.15) is 64.1 Å². The molecule has 21 heavy (non-hydrogen) atoms. The summed E-state index contributed by atoms with van der Waals surface area (Å²) < 4.78 is 5.33. The third-order valence-electron chi connectivity index (χ3n) is 4.79. The Kier molecular flexibility index (Phi) is 4.91. The van der Waals surface area contributed by atoms with E-state index >= 15 is 0 Å². The van der Waals surface area contributed by atoms with E-state index in [9.17, 15) is 0 Å². The molecule has 3 rings (SSSR count). The minimum atomic E-state index is 0.678. The first-order chi connectivity index (χ1) is 10.3. The van der Waals surface area contributed by atoms with E-state index in [0.29, 0.717) is 6.04 Å². The van der Waals surface area contributed by atoms with Crippen molar-refractivity contribution in [1.82, 2.24) is 20.4 Å². The molecule has 2 unspecified atom stereocenters. The molecule has 118 valence electrons. The van der Waals surface area contributed by atoms with Crippen molar-refractivity contribution in [2.75, 3.05) is 6.54 Å². The molecule has 2 aliphatic heterocycles. The van der Waals surface area contributed by atoms with Gasteiger partial charge in [-0.3, -0.25) is 4.90 Å². The minimum Gasteiger partial charge on any atom is -0.339 e. The fourth-order valence-corrected chi connectivity index (χ4v) is 3.85. The van der Waals surface area contributed by atoms with Gasteiger partial charge in [0, 0.05) is 24.5 Å². The Bertz CT molecular complexity index is 435. The summed E-state index contributed by atoms with van der Waals surface area (Å²) in [5.41, 5.74) is 0. The Morgan fingerprint density at radius 1 is 1.19 bits per heavy atom. The molecule has 2 bridgehead atoms. The van der Waals surface area contributed by atoms with Gasteiger partial charge in [0.05, 0.1) is 6.54 Å². The molecule has 0 spiro atoms. The standard InChI is InChI=1S/C16H28N4O/c1-3-5-16-18-15(19-21-16)11-20(8-4-2)14-9-12-6-7-13(10-14)17-12/h12-14,17H,3-11H2,1-2H3. The third kappa shape index (κ3) is 3.64. The molecule has 0 radical (unpaired) electrons. The number of nitrogens with one attached hydrogen (secondary N) is 1. The Balaban J connectivity index is 1.63. The summed E-state index contributed by atoms with van der Waals surface area (Å²) in [5.74, 6) is 1.65. The second kappa shape index (κ2) is 6.88. The number of piperidine rings is 1. The van der Waals surface area contributed by atoms with E-state index in [2.05, 4.69) is 34.2 Å². The molecule has 2 saturated heterocycles. The lowest BCUT2D eigenvalue weighted by atomic mass is 9.98. The first-order valence-corrected chi connectivity index (χ1v) is 8.60. The van der Waals surface area contributed by atoms with E-state index in [1.807, 2.05) is 0 Å². The first-order valence-electron chi connectivity index (χ1n) is 8.60. The zero-order chi connectivity index (χ0) is 14.7. The van der Waals surface area contributed by atoms with Gasteiger partial charge in [-0.2, -0.15) is 4.98 Å². The quantitative estimate of drug-likeness (QED) is 0.837. The molecule has 0 saturated carbocycles. The van der Waals surface area contributed by atoms with Gasteiger partial charge in [0.1, 0.15) is 0 Å². The summed E-state index contributed by atoms with van der Waals surface area (Å²) in [5, 5.41) is 7.89. The molecule has 2 atom stereocenters. The molecule has 1 aromatic heterocycles. The highest BCUT2D eigenvalue weighted by Gasteiger charge is 2.36. The Morgan fingerprint density at radius 2 is 1.95 bits per heavy atom. The van der Waals surface area contributed by atoms with Crippen molar-refractivity contribution in [2.24, 2.45) is 0 Å². The van der Waals surface area contributed by atoms with Gasteiger partial charge < -0.3 is 9.84 Å². The van der Waals surface area contributed by atoms with Crippen LogP contribution in [0.4, 0.5) is 0 Å². The van der Waals surface area contributed by atoms with Crippen LogP contribution >= 0.6 is 0 Å². The van der Waals surface area contributed by atoms with E-state index in [-0.39, 0.29) is 0 Å². The van der Waals surface area contributed by atoms with Crippen LogP contribution in [0.15, 0.2) is 4.52 Å². The number of fused-ring (bicyclic) bond motifs is 2. The monoisotopic (exact) mass is 292 g/mol. The number of nitrogens with zero attached hydrogens (tertiary/aromatic N) is 3. The lowest BCUT2D eigenvalue weighted by molar-refractivity contribution is 0.129. The molecule has 2 fully saturated rings. The third-order valence-corrected chi connectivity index (χ3v) is 4.79. The lowest BCUT2D eigenvalue weighted by Crippen LogP contribution is -2.48.